The number of anilines is 1. The summed E-state index contributed by atoms with van der Waals surface area (Å²) in [5.41, 5.74) is 3.15. The molecular weight excluding hydrogens is 356 g/mol. The number of benzene rings is 1. The smallest absolute Gasteiger partial charge is 0.232 e. The molecule has 5 nitrogen and oxygen atoms in total. The molecule has 2 heterocycles. The number of rotatable bonds is 7. The molecule has 0 aliphatic carbocycles. The van der Waals surface area contributed by atoms with Gasteiger partial charge < -0.3 is 19.6 Å². The van der Waals surface area contributed by atoms with E-state index in [0.717, 1.165) is 60.4 Å². The molecule has 1 fully saturated rings. The minimum absolute atomic E-state index is 0.708. The maximum atomic E-state index is 5.89. The molecule has 6 heteroatoms. The summed E-state index contributed by atoms with van der Waals surface area (Å²) < 4.78 is 5.89. The van der Waals surface area contributed by atoms with E-state index in [2.05, 4.69) is 46.3 Å². The van der Waals surface area contributed by atoms with E-state index in [1.807, 2.05) is 18.2 Å². The zero-order valence-electron chi connectivity index (χ0n) is 16.4. The van der Waals surface area contributed by atoms with Crippen LogP contribution in [0.4, 0.5) is 5.88 Å². The van der Waals surface area contributed by atoms with Gasteiger partial charge in [-0.05, 0) is 44.8 Å². The highest BCUT2D eigenvalue weighted by Crippen LogP contribution is 2.33. The molecule has 0 spiro atoms. The Labute approximate surface area is 167 Å². The van der Waals surface area contributed by atoms with Gasteiger partial charge >= 0.3 is 0 Å². The van der Waals surface area contributed by atoms with Crippen molar-refractivity contribution in [2.24, 2.45) is 0 Å². The molecule has 146 valence electrons. The first-order valence-corrected chi connectivity index (χ1v) is 10.5. The average molecular weight is 387 g/mol. The second-order valence-corrected chi connectivity index (χ2v) is 7.37. The van der Waals surface area contributed by atoms with Gasteiger partial charge in [-0.3, -0.25) is 0 Å². The van der Waals surface area contributed by atoms with Crippen LogP contribution >= 0.6 is 12.2 Å². The van der Waals surface area contributed by atoms with E-state index >= 15 is 0 Å². The molecule has 0 unspecified atom stereocenters. The van der Waals surface area contributed by atoms with Gasteiger partial charge in [-0.1, -0.05) is 42.4 Å². The molecule has 27 heavy (non-hydrogen) atoms. The van der Waals surface area contributed by atoms with Crippen molar-refractivity contribution >= 4 is 23.2 Å². The topological polar surface area (TPSA) is 44.5 Å². The number of aromatic nitrogens is 1. The first kappa shape index (κ1) is 19.7. The lowest BCUT2D eigenvalue weighted by atomic mass is 10.1. The maximum Gasteiger partial charge on any atom is 0.232 e. The summed E-state index contributed by atoms with van der Waals surface area (Å²) >= 11 is 5.62. The molecule has 1 aromatic heterocycles. The highest BCUT2D eigenvalue weighted by molar-refractivity contribution is 7.80. The third-order valence-corrected chi connectivity index (χ3v) is 5.32. The van der Waals surface area contributed by atoms with Gasteiger partial charge in [0.05, 0.1) is 12.1 Å². The molecule has 0 bridgehead atoms. The van der Waals surface area contributed by atoms with E-state index in [9.17, 15) is 0 Å². The number of nitrogens with one attached hydrogen (secondary N) is 1. The molecule has 0 saturated carbocycles. The van der Waals surface area contributed by atoms with Crippen LogP contribution in [-0.4, -0.2) is 41.3 Å². The fraction of sp³-hybridized carbons (Fsp3) is 0.524. The number of nitrogens with zero attached hydrogens (tertiary/aromatic N) is 3. The van der Waals surface area contributed by atoms with Crippen molar-refractivity contribution in [2.75, 3.05) is 31.1 Å². The number of hydrogen-bond donors (Lipinski definition) is 1. The zero-order chi connectivity index (χ0) is 19.1. The Morgan fingerprint density at radius 1 is 1.19 bits per heavy atom. The van der Waals surface area contributed by atoms with Gasteiger partial charge in [-0.15, -0.1) is 0 Å². The average Bonchev–Trinajstić information content (AvgIpc) is 3.13. The third-order valence-electron chi connectivity index (χ3n) is 4.92. The van der Waals surface area contributed by atoms with Gasteiger partial charge in [0, 0.05) is 31.7 Å². The Bertz CT molecular complexity index is 725. The first-order chi connectivity index (χ1) is 13.2. The van der Waals surface area contributed by atoms with Crippen molar-refractivity contribution in [3.05, 3.63) is 35.9 Å². The molecule has 0 radical (unpaired) electrons. The molecule has 1 aromatic carbocycles. The number of hydrogen-bond acceptors (Lipinski definition) is 4. The summed E-state index contributed by atoms with van der Waals surface area (Å²) in [4.78, 5) is 4.57. The van der Waals surface area contributed by atoms with E-state index in [1.165, 1.54) is 19.3 Å². The van der Waals surface area contributed by atoms with Gasteiger partial charge in [0.1, 0.15) is 5.69 Å². The van der Waals surface area contributed by atoms with Gasteiger partial charge in [0.2, 0.25) is 5.88 Å². The summed E-state index contributed by atoms with van der Waals surface area (Å²) in [5.74, 6) is 0.911. The van der Waals surface area contributed by atoms with Gasteiger partial charge in [-0.25, -0.2) is 0 Å². The Morgan fingerprint density at radius 2 is 1.93 bits per heavy atom. The van der Waals surface area contributed by atoms with Crippen LogP contribution in [0, 0.1) is 0 Å². The van der Waals surface area contributed by atoms with Crippen molar-refractivity contribution < 1.29 is 4.52 Å². The number of piperidine rings is 1. The Morgan fingerprint density at radius 3 is 2.59 bits per heavy atom. The number of thiocarbonyl (C=S) groups is 1. The van der Waals surface area contributed by atoms with Crippen molar-refractivity contribution in [1.82, 2.24) is 15.4 Å². The predicted molar refractivity (Wildman–Crippen MR) is 115 cm³/mol. The van der Waals surface area contributed by atoms with Crippen LogP contribution in [0.2, 0.25) is 0 Å². The minimum Gasteiger partial charge on any atom is -0.363 e. The van der Waals surface area contributed by atoms with E-state index in [0.29, 0.717) is 6.54 Å². The molecule has 1 N–H and O–H groups in total. The van der Waals surface area contributed by atoms with Gasteiger partial charge in [0.25, 0.3) is 0 Å². The molecule has 1 saturated heterocycles. The SMILES string of the molecule is CCCN(Cc1c(-c2ccccc2)noc1N1CCCCC1)C(=S)NCC. The van der Waals surface area contributed by atoms with Gasteiger partial charge in [-0.2, -0.15) is 0 Å². The van der Waals surface area contributed by atoms with Crippen molar-refractivity contribution in [2.45, 2.75) is 46.1 Å². The predicted octanol–water partition coefficient (Wildman–Crippen LogP) is 4.44. The normalized spacial score (nSPS) is 14.2. The van der Waals surface area contributed by atoms with E-state index in [4.69, 9.17) is 16.7 Å². The van der Waals surface area contributed by atoms with Crippen LogP contribution < -0.4 is 10.2 Å². The lowest BCUT2D eigenvalue weighted by Crippen LogP contribution is -2.40. The summed E-state index contributed by atoms with van der Waals surface area (Å²) in [6.07, 6.45) is 4.74. The summed E-state index contributed by atoms with van der Waals surface area (Å²) in [7, 11) is 0. The van der Waals surface area contributed by atoms with Crippen LogP contribution in [0.3, 0.4) is 0 Å². The van der Waals surface area contributed by atoms with Crippen LogP contribution in [0.5, 0.6) is 0 Å². The monoisotopic (exact) mass is 386 g/mol. The van der Waals surface area contributed by atoms with Crippen molar-refractivity contribution in [1.29, 1.82) is 0 Å². The highest BCUT2D eigenvalue weighted by Gasteiger charge is 2.25. The van der Waals surface area contributed by atoms with E-state index in [-0.39, 0.29) is 0 Å². The fourth-order valence-corrected chi connectivity index (χ4v) is 3.89. The Balaban J connectivity index is 1.96. The molecule has 3 rings (SSSR count). The standard InChI is InChI=1S/C21H30N4OS/c1-3-13-25(21(27)22-4-2)16-18-19(17-11-7-5-8-12-17)23-26-20(18)24-14-9-6-10-15-24/h5,7-8,11-12H,3-4,6,9-10,13-16H2,1-2H3,(H,22,27). The maximum absolute atomic E-state index is 5.89. The van der Waals surface area contributed by atoms with Gasteiger partial charge in [0.15, 0.2) is 5.11 Å². The summed E-state index contributed by atoms with van der Waals surface area (Å²) in [6, 6.07) is 10.3. The fourth-order valence-electron chi connectivity index (χ4n) is 3.59. The molecular formula is C21H30N4OS. The minimum atomic E-state index is 0.708. The summed E-state index contributed by atoms with van der Waals surface area (Å²) in [6.45, 7) is 8.75. The highest BCUT2D eigenvalue weighted by atomic mass is 32.1. The molecule has 2 aromatic rings. The second-order valence-electron chi connectivity index (χ2n) is 6.99. The zero-order valence-corrected chi connectivity index (χ0v) is 17.2. The first-order valence-electron chi connectivity index (χ1n) is 10.1. The van der Waals surface area contributed by atoms with Crippen LogP contribution in [0.1, 0.15) is 45.1 Å². The second kappa shape index (κ2) is 9.74. The lowest BCUT2D eigenvalue weighted by Gasteiger charge is -2.29. The van der Waals surface area contributed by atoms with E-state index in [1.54, 1.807) is 0 Å². The quantitative estimate of drug-likeness (QED) is 0.710. The lowest BCUT2D eigenvalue weighted by molar-refractivity contribution is 0.390. The Hall–Kier alpha value is -2.08. The van der Waals surface area contributed by atoms with Crippen LogP contribution in [0.15, 0.2) is 34.9 Å². The third kappa shape index (κ3) is 4.80. The molecule has 0 atom stereocenters. The molecule has 0 amide bonds. The van der Waals surface area contributed by atoms with Crippen LogP contribution in [0.25, 0.3) is 11.3 Å². The largest absolute Gasteiger partial charge is 0.363 e. The molecule has 1 aliphatic rings. The van der Waals surface area contributed by atoms with E-state index < -0.39 is 0 Å². The van der Waals surface area contributed by atoms with Crippen molar-refractivity contribution in [3.8, 4) is 11.3 Å². The molecule has 1 aliphatic heterocycles. The Kier molecular flexibility index (Phi) is 7.10. The van der Waals surface area contributed by atoms with Crippen molar-refractivity contribution in [3.63, 3.8) is 0 Å². The summed E-state index contributed by atoms with van der Waals surface area (Å²) in [5, 5.41) is 8.56. The van der Waals surface area contributed by atoms with Crippen LogP contribution in [-0.2, 0) is 6.54 Å².